The zero-order chi connectivity index (χ0) is 13.4. The summed E-state index contributed by atoms with van der Waals surface area (Å²) < 4.78 is 21.9. The molecule has 0 saturated carbocycles. The third-order valence-electron chi connectivity index (χ3n) is 1.52. The van der Waals surface area contributed by atoms with Gasteiger partial charge in [0.25, 0.3) is 0 Å². The topological polar surface area (TPSA) is 157 Å². The fourth-order valence-corrected chi connectivity index (χ4v) is 1.77. The zero-order valence-corrected chi connectivity index (χ0v) is 10.6. The maximum absolute atomic E-state index is 11.0. The summed E-state index contributed by atoms with van der Waals surface area (Å²) in [6, 6.07) is 0. The second kappa shape index (κ2) is 4.41. The summed E-state index contributed by atoms with van der Waals surface area (Å²) in [5.41, 5.74) is -1.95. The summed E-state index contributed by atoms with van der Waals surface area (Å²) in [6.07, 6.45) is 0. The molecule has 0 unspecified atom stereocenters. The van der Waals surface area contributed by atoms with Crippen LogP contribution in [0, 0.1) is 0 Å². The van der Waals surface area contributed by atoms with Crippen LogP contribution in [0.2, 0.25) is 0 Å². The highest BCUT2D eigenvalue weighted by Gasteiger charge is 2.30. The van der Waals surface area contributed by atoms with Crippen LogP contribution >= 0.6 is 15.2 Å². The first-order valence-electron chi connectivity index (χ1n) is 4.07. The van der Waals surface area contributed by atoms with Crippen LogP contribution in [0.15, 0.2) is 0 Å². The van der Waals surface area contributed by atoms with Crippen molar-refractivity contribution in [2.75, 3.05) is 19.0 Å². The van der Waals surface area contributed by atoms with Gasteiger partial charge in [0.1, 0.15) is 0 Å². The third kappa shape index (κ3) is 3.53. The van der Waals surface area contributed by atoms with E-state index in [0.717, 1.165) is 0 Å². The molecule has 0 amide bonds. The minimum Gasteiger partial charge on any atom is -0.347 e. The van der Waals surface area contributed by atoms with Gasteiger partial charge in [-0.1, -0.05) is 0 Å². The predicted octanol–water partition coefficient (Wildman–Crippen LogP) is -2.46. The van der Waals surface area contributed by atoms with Crippen molar-refractivity contribution in [3.05, 3.63) is 0 Å². The van der Waals surface area contributed by atoms with Crippen molar-refractivity contribution in [3.8, 4) is 0 Å². The lowest BCUT2D eigenvalue weighted by molar-refractivity contribution is 0.384. The second-order valence-corrected chi connectivity index (χ2v) is 6.19. The van der Waals surface area contributed by atoms with Gasteiger partial charge in [-0.15, -0.1) is 0 Å². The fourth-order valence-electron chi connectivity index (χ4n) is 0.804. The molecule has 1 heterocycles. The van der Waals surface area contributed by atoms with E-state index in [1.54, 1.807) is 0 Å². The van der Waals surface area contributed by atoms with E-state index in [1.807, 2.05) is 0 Å². The van der Waals surface area contributed by atoms with E-state index in [1.165, 1.54) is 19.0 Å². The predicted molar refractivity (Wildman–Crippen MR) is 57.5 cm³/mol. The molecule has 0 fully saturated rings. The van der Waals surface area contributed by atoms with E-state index < -0.39 is 26.3 Å². The van der Waals surface area contributed by atoms with Crippen LogP contribution in [0.5, 0.6) is 0 Å². The minimum atomic E-state index is -4.81. The molecule has 0 bridgehead atoms. The van der Waals surface area contributed by atoms with E-state index in [0.29, 0.717) is 0 Å². The van der Waals surface area contributed by atoms with Crippen LogP contribution < -0.4 is 16.0 Å². The van der Waals surface area contributed by atoms with Gasteiger partial charge in [0, 0.05) is 14.1 Å². The Morgan fingerprint density at radius 3 is 1.47 bits per heavy atom. The average molecular weight is 284 g/mol. The van der Waals surface area contributed by atoms with Gasteiger partial charge in [-0.3, -0.25) is 9.13 Å². The van der Waals surface area contributed by atoms with Gasteiger partial charge in [0.05, 0.1) is 0 Å². The summed E-state index contributed by atoms with van der Waals surface area (Å²) in [4.78, 5) is 46.6. The van der Waals surface area contributed by atoms with Gasteiger partial charge in [-0.05, 0) is 0 Å². The van der Waals surface area contributed by atoms with E-state index >= 15 is 0 Å². The number of rotatable bonds is 3. The number of aromatic nitrogens is 3. The molecule has 0 aliphatic heterocycles. The van der Waals surface area contributed by atoms with Crippen molar-refractivity contribution < 1.29 is 28.7 Å². The van der Waals surface area contributed by atoms with Crippen molar-refractivity contribution in [1.29, 1.82) is 0 Å². The molecular weight excluding hydrogens is 274 g/mol. The Bertz CT molecular complexity index is 481. The highest BCUT2D eigenvalue weighted by Crippen LogP contribution is 2.34. The Morgan fingerprint density at radius 1 is 0.882 bits per heavy atom. The number of nitrogens with zero attached hydrogens (tertiary/aromatic N) is 4. The summed E-state index contributed by atoms with van der Waals surface area (Å²) in [5, 5.41) is 0. The van der Waals surface area contributed by atoms with Gasteiger partial charge >= 0.3 is 15.2 Å². The molecule has 0 aliphatic rings. The van der Waals surface area contributed by atoms with Gasteiger partial charge in [0.2, 0.25) is 17.1 Å². The summed E-state index contributed by atoms with van der Waals surface area (Å²) in [6.45, 7) is 0. The SMILES string of the molecule is CN(C)c1nc(P(=O)(O)O)nc(P(=O)(O)O)n1. The van der Waals surface area contributed by atoms with Crippen molar-refractivity contribution in [1.82, 2.24) is 15.0 Å². The molecule has 4 N–H and O–H groups in total. The van der Waals surface area contributed by atoms with Crippen molar-refractivity contribution in [2.24, 2.45) is 0 Å². The van der Waals surface area contributed by atoms with Crippen molar-refractivity contribution >= 4 is 32.3 Å². The molecule has 17 heavy (non-hydrogen) atoms. The minimum absolute atomic E-state index is 0.253. The van der Waals surface area contributed by atoms with Gasteiger partial charge in [-0.25, -0.2) is 0 Å². The molecule has 96 valence electrons. The average Bonchev–Trinajstić information content (AvgIpc) is 2.14. The van der Waals surface area contributed by atoms with Crippen LogP contribution in [0.1, 0.15) is 0 Å². The van der Waals surface area contributed by atoms with Gasteiger partial charge in [-0.2, -0.15) is 15.0 Å². The Balaban J connectivity index is 3.51. The van der Waals surface area contributed by atoms with Crippen LogP contribution in [-0.4, -0.2) is 48.6 Å². The molecule has 1 aromatic rings. The van der Waals surface area contributed by atoms with E-state index in [2.05, 4.69) is 15.0 Å². The lowest BCUT2D eigenvalue weighted by atomic mass is 10.8. The Hall–Kier alpha value is -0.890. The van der Waals surface area contributed by atoms with Crippen LogP contribution in [0.25, 0.3) is 0 Å². The van der Waals surface area contributed by atoms with Crippen LogP contribution in [-0.2, 0) is 9.13 Å². The van der Waals surface area contributed by atoms with Gasteiger partial charge in [0.15, 0.2) is 0 Å². The van der Waals surface area contributed by atoms with Crippen molar-refractivity contribution in [3.63, 3.8) is 0 Å². The maximum Gasteiger partial charge on any atom is 0.393 e. The van der Waals surface area contributed by atoms with E-state index in [4.69, 9.17) is 19.6 Å². The first kappa shape index (κ1) is 14.2. The smallest absolute Gasteiger partial charge is 0.347 e. The molecule has 1 rings (SSSR count). The standard InChI is InChI=1S/C5H10N4O6P2/c1-9(2)3-6-4(16(10,11)12)8-5(7-3)17(13,14)15/h1-2H3,(H2,10,11,12)(H2,13,14,15). The number of hydrogen-bond acceptors (Lipinski definition) is 6. The Kier molecular flexibility index (Phi) is 3.68. The summed E-state index contributed by atoms with van der Waals surface area (Å²) in [5.74, 6) is -0.253. The first-order chi connectivity index (χ1) is 7.51. The first-order valence-corrected chi connectivity index (χ1v) is 7.30. The Labute approximate surface area is 95.7 Å². The van der Waals surface area contributed by atoms with E-state index in [9.17, 15) is 9.13 Å². The quantitative estimate of drug-likeness (QED) is 0.439. The zero-order valence-electron chi connectivity index (χ0n) is 8.79. The third-order valence-corrected chi connectivity index (χ3v) is 2.96. The molecule has 0 radical (unpaired) electrons. The molecule has 0 saturated heterocycles. The molecule has 0 aliphatic carbocycles. The molecule has 12 heteroatoms. The Morgan fingerprint density at radius 2 is 1.24 bits per heavy atom. The largest absolute Gasteiger partial charge is 0.393 e. The number of hydrogen-bond donors (Lipinski definition) is 4. The molecule has 10 nitrogen and oxygen atoms in total. The second-order valence-electron chi connectivity index (χ2n) is 3.22. The summed E-state index contributed by atoms with van der Waals surface area (Å²) >= 11 is 0. The van der Waals surface area contributed by atoms with E-state index in [-0.39, 0.29) is 5.95 Å². The molecule has 0 aromatic carbocycles. The van der Waals surface area contributed by atoms with Crippen LogP contribution in [0.3, 0.4) is 0 Å². The summed E-state index contributed by atoms with van der Waals surface area (Å²) in [7, 11) is -6.73. The fraction of sp³-hybridized carbons (Fsp3) is 0.400. The lowest BCUT2D eigenvalue weighted by Gasteiger charge is -2.13. The normalized spacial score (nSPS) is 12.6. The lowest BCUT2D eigenvalue weighted by Crippen LogP contribution is -2.30. The highest BCUT2D eigenvalue weighted by atomic mass is 31.2. The highest BCUT2D eigenvalue weighted by molar-refractivity contribution is 7.61. The molecule has 1 aromatic heterocycles. The molecule has 0 atom stereocenters. The molecular formula is C5H10N4O6P2. The maximum atomic E-state index is 11.0. The number of anilines is 1. The monoisotopic (exact) mass is 284 g/mol. The van der Waals surface area contributed by atoms with Crippen molar-refractivity contribution in [2.45, 2.75) is 0 Å². The molecule has 0 spiro atoms. The van der Waals surface area contributed by atoms with Crippen LogP contribution in [0.4, 0.5) is 5.95 Å². The van der Waals surface area contributed by atoms with Gasteiger partial charge < -0.3 is 24.5 Å².